The highest BCUT2D eigenvalue weighted by Gasteiger charge is 2.33. The van der Waals surface area contributed by atoms with Gasteiger partial charge < -0.3 is 15.0 Å². The summed E-state index contributed by atoms with van der Waals surface area (Å²) in [5.41, 5.74) is -0.207. The number of benzene rings is 1. The van der Waals surface area contributed by atoms with E-state index in [0.29, 0.717) is 45.4 Å². The van der Waals surface area contributed by atoms with Gasteiger partial charge in [-0.05, 0) is 56.1 Å². The van der Waals surface area contributed by atoms with E-state index in [9.17, 15) is 19.1 Å². The van der Waals surface area contributed by atoms with E-state index >= 15 is 0 Å². The Bertz CT molecular complexity index is 868. The van der Waals surface area contributed by atoms with Crippen LogP contribution in [-0.4, -0.2) is 58.1 Å². The molecular formula is C21H26FN3O3. The number of carbonyl (C=O) groups is 1. The number of rotatable bonds is 5. The number of pyridine rings is 1. The molecule has 1 aliphatic rings. The standard InChI is InChI=1S/C21H26FN3O3/c1-24(14-16-5-7-17(22)8-6-16)15-21(28)9-3-12-25(13-10-21)20(27)18-4-2-11-23-19(18)26/h2,4-8,11,28H,3,9-10,12-15H2,1H3,(H,23,26)/t21-/m1/s1. The highest BCUT2D eigenvalue weighted by molar-refractivity contribution is 5.93. The van der Waals surface area contributed by atoms with E-state index in [-0.39, 0.29) is 17.3 Å². The Hall–Kier alpha value is -2.51. The van der Waals surface area contributed by atoms with Crippen LogP contribution in [0.5, 0.6) is 0 Å². The van der Waals surface area contributed by atoms with Crippen LogP contribution < -0.4 is 5.56 Å². The summed E-state index contributed by atoms with van der Waals surface area (Å²) in [5.74, 6) is -0.568. The summed E-state index contributed by atoms with van der Waals surface area (Å²) in [7, 11) is 1.92. The Morgan fingerprint density at radius 3 is 2.71 bits per heavy atom. The first-order valence-corrected chi connectivity index (χ1v) is 9.49. The normalized spacial score (nSPS) is 20.2. The number of nitrogens with one attached hydrogen (secondary N) is 1. The number of nitrogens with zero attached hydrogens (tertiary/aromatic N) is 2. The van der Waals surface area contributed by atoms with Crippen molar-refractivity contribution in [1.82, 2.24) is 14.8 Å². The molecule has 1 fully saturated rings. The fraction of sp³-hybridized carbons (Fsp3) is 0.429. The SMILES string of the molecule is CN(Cc1ccc(F)cc1)C[C@@]1(O)CCCN(C(=O)c2ccc[nH]c2=O)CC1. The number of H-pyrrole nitrogens is 1. The summed E-state index contributed by atoms with van der Waals surface area (Å²) < 4.78 is 13.0. The van der Waals surface area contributed by atoms with E-state index in [1.807, 2.05) is 11.9 Å². The van der Waals surface area contributed by atoms with Gasteiger partial charge in [0.1, 0.15) is 11.4 Å². The van der Waals surface area contributed by atoms with E-state index < -0.39 is 11.2 Å². The molecule has 0 unspecified atom stereocenters. The van der Waals surface area contributed by atoms with Crippen molar-refractivity contribution in [1.29, 1.82) is 0 Å². The van der Waals surface area contributed by atoms with Crippen LogP contribution in [0.15, 0.2) is 47.4 Å². The van der Waals surface area contributed by atoms with E-state index in [1.165, 1.54) is 24.4 Å². The topological polar surface area (TPSA) is 76.6 Å². The van der Waals surface area contributed by atoms with Gasteiger partial charge in [-0.3, -0.25) is 14.5 Å². The number of hydrogen-bond acceptors (Lipinski definition) is 4. The molecule has 28 heavy (non-hydrogen) atoms. The first kappa shape index (κ1) is 20.2. The molecule has 1 aromatic carbocycles. The summed E-state index contributed by atoms with van der Waals surface area (Å²) in [5, 5.41) is 11.1. The number of likely N-dealkylation sites (tertiary alicyclic amines) is 1. The van der Waals surface area contributed by atoms with Gasteiger partial charge in [0.05, 0.1) is 5.60 Å². The highest BCUT2D eigenvalue weighted by Crippen LogP contribution is 2.24. The highest BCUT2D eigenvalue weighted by atomic mass is 19.1. The lowest BCUT2D eigenvalue weighted by molar-refractivity contribution is -0.00401. The second-order valence-electron chi connectivity index (χ2n) is 7.58. The lowest BCUT2D eigenvalue weighted by Crippen LogP contribution is -2.42. The first-order chi connectivity index (χ1) is 13.4. The fourth-order valence-electron chi connectivity index (χ4n) is 3.76. The molecule has 3 rings (SSSR count). The first-order valence-electron chi connectivity index (χ1n) is 9.49. The van der Waals surface area contributed by atoms with E-state index in [0.717, 1.165) is 5.56 Å². The molecule has 1 amide bonds. The third-order valence-corrected chi connectivity index (χ3v) is 5.18. The number of hydrogen-bond donors (Lipinski definition) is 2. The number of halogens is 1. The maximum atomic E-state index is 13.0. The fourth-order valence-corrected chi connectivity index (χ4v) is 3.76. The molecule has 150 valence electrons. The van der Waals surface area contributed by atoms with Crippen molar-refractivity contribution in [2.45, 2.75) is 31.4 Å². The van der Waals surface area contributed by atoms with E-state index in [1.54, 1.807) is 23.1 Å². The van der Waals surface area contributed by atoms with Crippen LogP contribution in [0.3, 0.4) is 0 Å². The van der Waals surface area contributed by atoms with Gasteiger partial charge in [-0.1, -0.05) is 12.1 Å². The Morgan fingerprint density at radius 1 is 1.25 bits per heavy atom. The monoisotopic (exact) mass is 387 g/mol. The zero-order valence-electron chi connectivity index (χ0n) is 16.0. The molecule has 1 aliphatic heterocycles. The second kappa shape index (κ2) is 8.67. The number of carbonyl (C=O) groups excluding carboxylic acids is 1. The number of aromatic nitrogens is 1. The van der Waals surface area contributed by atoms with Crippen molar-refractivity contribution in [3.8, 4) is 0 Å². The maximum absolute atomic E-state index is 13.0. The smallest absolute Gasteiger partial charge is 0.260 e. The van der Waals surface area contributed by atoms with Gasteiger partial charge in [-0.2, -0.15) is 0 Å². The Balaban J connectivity index is 1.60. The van der Waals surface area contributed by atoms with Crippen molar-refractivity contribution in [3.05, 3.63) is 69.9 Å². The lowest BCUT2D eigenvalue weighted by atomic mass is 9.94. The van der Waals surface area contributed by atoms with Crippen molar-refractivity contribution < 1.29 is 14.3 Å². The average Bonchev–Trinajstić information content (AvgIpc) is 2.85. The summed E-state index contributed by atoms with van der Waals surface area (Å²) in [6, 6.07) is 9.49. The molecule has 6 nitrogen and oxygen atoms in total. The molecule has 2 N–H and O–H groups in total. The quantitative estimate of drug-likeness (QED) is 0.823. The van der Waals surface area contributed by atoms with E-state index in [4.69, 9.17) is 0 Å². The lowest BCUT2D eigenvalue weighted by Gasteiger charge is -2.31. The molecule has 0 aliphatic carbocycles. The van der Waals surface area contributed by atoms with Gasteiger partial charge in [0, 0.05) is 32.4 Å². The van der Waals surface area contributed by atoms with Crippen molar-refractivity contribution in [2.24, 2.45) is 0 Å². The maximum Gasteiger partial charge on any atom is 0.260 e. The second-order valence-corrected chi connectivity index (χ2v) is 7.58. The molecule has 2 aromatic rings. The third-order valence-electron chi connectivity index (χ3n) is 5.18. The molecular weight excluding hydrogens is 361 g/mol. The van der Waals surface area contributed by atoms with Crippen molar-refractivity contribution >= 4 is 5.91 Å². The Labute approximate surface area is 163 Å². The molecule has 1 aromatic heterocycles. The number of aliphatic hydroxyl groups is 1. The Kier molecular flexibility index (Phi) is 6.26. The van der Waals surface area contributed by atoms with Crippen LogP contribution in [0, 0.1) is 5.82 Å². The Morgan fingerprint density at radius 2 is 2.00 bits per heavy atom. The molecule has 0 radical (unpaired) electrons. The number of likely N-dealkylation sites (N-methyl/N-ethyl adjacent to an activating group) is 1. The molecule has 1 atom stereocenters. The number of amides is 1. The minimum atomic E-state index is -0.910. The zero-order chi connectivity index (χ0) is 20.1. The van der Waals surface area contributed by atoms with Gasteiger partial charge in [0.25, 0.3) is 11.5 Å². The van der Waals surface area contributed by atoms with Crippen LogP contribution >= 0.6 is 0 Å². The minimum absolute atomic E-state index is 0.126. The van der Waals surface area contributed by atoms with Gasteiger partial charge in [0.15, 0.2) is 0 Å². The van der Waals surface area contributed by atoms with Crippen LogP contribution in [0.2, 0.25) is 0 Å². The van der Waals surface area contributed by atoms with Gasteiger partial charge >= 0.3 is 0 Å². The van der Waals surface area contributed by atoms with Crippen LogP contribution in [-0.2, 0) is 6.54 Å². The molecule has 7 heteroatoms. The van der Waals surface area contributed by atoms with Crippen molar-refractivity contribution in [2.75, 3.05) is 26.7 Å². The van der Waals surface area contributed by atoms with Gasteiger partial charge in [0.2, 0.25) is 0 Å². The van der Waals surface area contributed by atoms with Gasteiger partial charge in [-0.15, -0.1) is 0 Å². The summed E-state index contributed by atoms with van der Waals surface area (Å²) in [4.78, 5) is 30.7. The van der Waals surface area contributed by atoms with Gasteiger partial charge in [-0.25, -0.2) is 4.39 Å². The summed E-state index contributed by atoms with van der Waals surface area (Å²) in [6.45, 7) is 1.97. The molecule has 0 spiro atoms. The molecule has 0 saturated carbocycles. The van der Waals surface area contributed by atoms with Crippen LogP contribution in [0.25, 0.3) is 0 Å². The summed E-state index contributed by atoms with van der Waals surface area (Å²) in [6.07, 6.45) is 3.18. The largest absolute Gasteiger partial charge is 0.388 e. The average molecular weight is 387 g/mol. The molecule has 0 bridgehead atoms. The number of aromatic amines is 1. The predicted octanol–water partition coefficient (Wildman–Crippen LogP) is 2.00. The summed E-state index contributed by atoms with van der Waals surface area (Å²) >= 11 is 0. The minimum Gasteiger partial charge on any atom is -0.388 e. The van der Waals surface area contributed by atoms with Crippen LogP contribution in [0.1, 0.15) is 35.2 Å². The zero-order valence-corrected chi connectivity index (χ0v) is 16.0. The molecule has 2 heterocycles. The van der Waals surface area contributed by atoms with Crippen molar-refractivity contribution in [3.63, 3.8) is 0 Å². The third kappa shape index (κ3) is 5.05. The van der Waals surface area contributed by atoms with E-state index in [2.05, 4.69) is 4.98 Å². The van der Waals surface area contributed by atoms with Crippen LogP contribution in [0.4, 0.5) is 4.39 Å². The predicted molar refractivity (Wildman–Crippen MR) is 105 cm³/mol. The molecule has 1 saturated heterocycles.